The Morgan fingerprint density at radius 2 is 1.88 bits per heavy atom. The lowest BCUT2D eigenvalue weighted by atomic mass is 10.0. The van der Waals surface area contributed by atoms with Crippen LogP contribution in [0, 0.1) is 0 Å². The predicted octanol–water partition coefficient (Wildman–Crippen LogP) is 1.77. The van der Waals surface area contributed by atoms with Crippen LogP contribution in [0.4, 0.5) is 9.93 Å². The maximum Gasteiger partial charge on any atom is 0.320 e. The molecule has 2 aliphatic heterocycles. The Morgan fingerprint density at radius 1 is 1.17 bits per heavy atom. The first-order chi connectivity index (χ1) is 11.7. The second kappa shape index (κ2) is 6.84. The maximum atomic E-state index is 12.6. The normalized spacial score (nSPS) is 22.7. The van der Waals surface area contributed by atoms with E-state index in [-0.39, 0.29) is 6.03 Å². The molecule has 1 saturated carbocycles. The number of rotatable bonds is 3. The molecule has 2 amide bonds. The number of amides is 2. The third-order valence-electron chi connectivity index (χ3n) is 5.24. The highest BCUT2D eigenvalue weighted by molar-refractivity contribution is 7.09. The SMILES string of the molecule is CN(C(=O)N1CCOCC1)C1CCN(c2nc(C3CC3)ns2)CC1. The first-order valence-corrected chi connectivity index (χ1v) is 9.68. The van der Waals surface area contributed by atoms with Gasteiger partial charge in [-0.05, 0) is 25.7 Å². The lowest BCUT2D eigenvalue weighted by molar-refractivity contribution is 0.0409. The van der Waals surface area contributed by atoms with Gasteiger partial charge in [-0.25, -0.2) is 9.78 Å². The van der Waals surface area contributed by atoms with Gasteiger partial charge in [0.2, 0.25) is 5.13 Å². The molecule has 1 aromatic rings. The summed E-state index contributed by atoms with van der Waals surface area (Å²) in [7, 11) is 1.94. The van der Waals surface area contributed by atoms with E-state index >= 15 is 0 Å². The predicted molar refractivity (Wildman–Crippen MR) is 92.7 cm³/mol. The summed E-state index contributed by atoms with van der Waals surface area (Å²) in [6.07, 6.45) is 4.47. The number of aromatic nitrogens is 2. The summed E-state index contributed by atoms with van der Waals surface area (Å²) in [5.41, 5.74) is 0. The average molecular weight is 351 g/mol. The zero-order chi connectivity index (χ0) is 16.5. The van der Waals surface area contributed by atoms with E-state index < -0.39 is 0 Å². The van der Waals surface area contributed by atoms with Gasteiger partial charge in [-0.2, -0.15) is 4.37 Å². The zero-order valence-corrected chi connectivity index (χ0v) is 15.0. The molecule has 0 atom stereocenters. The van der Waals surface area contributed by atoms with Crippen LogP contribution >= 0.6 is 11.5 Å². The minimum atomic E-state index is 0.142. The molecule has 3 heterocycles. The van der Waals surface area contributed by atoms with Crippen LogP contribution in [0.15, 0.2) is 0 Å². The number of nitrogens with zero attached hydrogens (tertiary/aromatic N) is 5. The van der Waals surface area contributed by atoms with E-state index in [0.29, 0.717) is 38.3 Å². The number of anilines is 1. The molecule has 8 heteroatoms. The summed E-state index contributed by atoms with van der Waals surface area (Å²) < 4.78 is 9.83. The number of hydrogen-bond donors (Lipinski definition) is 0. The molecule has 24 heavy (non-hydrogen) atoms. The van der Waals surface area contributed by atoms with Crippen LogP contribution in [0.2, 0.25) is 0 Å². The molecule has 0 N–H and O–H groups in total. The van der Waals surface area contributed by atoms with Gasteiger partial charge in [-0.3, -0.25) is 0 Å². The average Bonchev–Trinajstić information content (AvgIpc) is 3.38. The monoisotopic (exact) mass is 351 g/mol. The molecule has 3 aliphatic rings. The molecule has 0 bridgehead atoms. The standard InChI is InChI=1S/C16H25N5O2S/c1-19(16(22)21-8-10-23-11-9-21)13-4-6-20(7-5-13)15-17-14(18-24-15)12-2-3-12/h12-13H,2-11H2,1H3. The van der Waals surface area contributed by atoms with Gasteiger partial charge in [0.05, 0.1) is 13.2 Å². The van der Waals surface area contributed by atoms with Crippen LogP contribution in [0.25, 0.3) is 0 Å². The van der Waals surface area contributed by atoms with Crippen LogP contribution in [0.1, 0.15) is 37.4 Å². The van der Waals surface area contributed by atoms with E-state index in [1.807, 2.05) is 16.8 Å². The summed E-state index contributed by atoms with van der Waals surface area (Å²) in [6, 6.07) is 0.455. The minimum Gasteiger partial charge on any atom is -0.378 e. The van der Waals surface area contributed by atoms with Crippen LogP contribution < -0.4 is 4.90 Å². The fourth-order valence-corrected chi connectivity index (χ4v) is 4.24. The quantitative estimate of drug-likeness (QED) is 0.830. The molecule has 0 unspecified atom stereocenters. The van der Waals surface area contributed by atoms with Crippen molar-refractivity contribution < 1.29 is 9.53 Å². The van der Waals surface area contributed by atoms with Gasteiger partial charge >= 0.3 is 6.03 Å². The van der Waals surface area contributed by atoms with Crippen molar-refractivity contribution in [2.45, 2.75) is 37.6 Å². The van der Waals surface area contributed by atoms with Gasteiger partial charge in [0, 0.05) is 56.7 Å². The molecule has 3 fully saturated rings. The number of carbonyl (C=O) groups excluding carboxylic acids is 1. The Balaban J connectivity index is 1.30. The van der Waals surface area contributed by atoms with E-state index in [1.165, 1.54) is 24.4 Å². The molecule has 7 nitrogen and oxygen atoms in total. The lowest BCUT2D eigenvalue weighted by Crippen LogP contribution is -2.52. The van der Waals surface area contributed by atoms with Crippen molar-refractivity contribution in [2.75, 3.05) is 51.3 Å². The highest BCUT2D eigenvalue weighted by atomic mass is 32.1. The van der Waals surface area contributed by atoms with E-state index in [2.05, 4.69) is 9.27 Å². The topological polar surface area (TPSA) is 61.8 Å². The van der Waals surface area contributed by atoms with E-state index in [9.17, 15) is 4.79 Å². The Bertz CT molecular complexity index is 577. The van der Waals surface area contributed by atoms with Gasteiger partial charge in [0.25, 0.3) is 0 Å². The van der Waals surface area contributed by atoms with E-state index in [0.717, 1.165) is 36.9 Å². The highest BCUT2D eigenvalue weighted by Crippen LogP contribution is 2.40. The van der Waals surface area contributed by atoms with Crippen molar-refractivity contribution in [2.24, 2.45) is 0 Å². The molecule has 0 aromatic carbocycles. The Labute approximate surface area is 146 Å². The number of morpholine rings is 1. The molecule has 0 radical (unpaired) electrons. The molecular weight excluding hydrogens is 326 g/mol. The third-order valence-corrected chi connectivity index (χ3v) is 6.03. The van der Waals surface area contributed by atoms with Crippen LogP contribution in [-0.4, -0.2) is 77.7 Å². The second-order valence-electron chi connectivity index (χ2n) is 6.92. The Hall–Kier alpha value is -1.41. The summed E-state index contributed by atoms with van der Waals surface area (Å²) in [4.78, 5) is 23.5. The first-order valence-electron chi connectivity index (χ1n) is 8.90. The van der Waals surface area contributed by atoms with Crippen LogP contribution in [-0.2, 0) is 4.74 Å². The highest BCUT2D eigenvalue weighted by Gasteiger charge is 2.31. The number of carbonyl (C=O) groups is 1. The molecule has 0 spiro atoms. The number of ether oxygens (including phenoxy) is 1. The molecule has 2 saturated heterocycles. The number of hydrogen-bond acceptors (Lipinski definition) is 6. The summed E-state index contributed by atoms with van der Waals surface area (Å²) >= 11 is 1.53. The number of piperidine rings is 1. The van der Waals surface area contributed by atoms with Crippen LogP contribution in [0.3, 0.4) is 0 Å². The van der Waals surface area contributed by atoms with Gasteiger partial charge in [0.15, 0.2) is 0 Å². The Kier molecular flexibility index (Phi) is 4.58. The summed E-state index contributed by atoms with van der Waals surface area (Å²) in [5.74, 6) is 1.65. The fraction of sp³-hybridized carbons (Fsp3) is 0.812. The van der Waals surface area contributed by atoms with Gasteiger partial charge in [-0.1, -0.05) is 0 Å². The summed E-state index contributed by atoms with van der Waals surface area (Å²) in [5, 5.41) is 1.05. The van der Waals surface area contributed by atoms with Crippen molar-refractivity contribution in [3.8, 4) is 0 Å². The smallest absolute Gasteiger partial charge is 0.320 e. The van der Waals surface area contributed by atoms with Crippen molar-refractivity contribution in [1.29, 1.82) is 0 Å². The minimum absolute atomic E-state index is 0.142. The largest absolute Gasteiger partial charge is 0.378 e. The van der Waals surface area contributed by atoms with Crippen LogP contribution in [0.5, 0.6) is 0 Å². The molecule has 1 aliphatic carbocycles. The van der Waals surface area contributed by atoms with Crippen molar-refractivity contribution in [3.63, 3.8) is 0 Å². The Morgan fingerprint density at radius 3 is 2.54 bits per heavy atom. The zero-order valence-electron chi connectivity index (χ0n) is 14.2. The molecule has 4 rings (SSSR count). The number of urea groups is 1. The van der Waals surface area contributed by atoms with E-state index in [4.69, 9.17) is 9.72 Å². The lowest BCUT2D eigenvalue weighted by Gasteiger charge is -2.39. The fourth-order valence-electron chi connectivity index (χ4n) is 3.44. The third kappa shape index (κ3) is 3.35. The van der Waals surface area contributed by atoms with Gasteiger partial charge in [-0.15, -0.1) is 0 Å². The molecule has 132 valence electrons. The maximum absolute atomic E-state index is 12.6. The van der Waals surface area contributed by atoms with Gasteiger partial charge < -0.3 is 19.4 Å². The second-order valence-corrected chi connectivity index (χ2v) is 7.65. The first kappa shape index (κ1) is 16.1. The van der Waals surface area contributed by atoms with Crippen molar-refractivity contribution in [1.82, 2.24) is 19.2 Å². The van der Waals surface area contributed by atoms with Gasteiger partial charge in [0.1, 0.15) is 5.82 Å². The van der Waals surface area contributed by atoms with E-state index in [1.54, 1.807) is 0 Å². The van der Waals surface area contributed by atoms with Crippen molar-refractivity contribution >= 4 is 22.7 Å². The summed E-state index contributed by atoms with van der Waals surface area (Å²) in [6.45, 7) is 4.61. The molecular formula is C16H25N5O2S. The molecule has 1 aromatic heterocycles. The van der Waals surface area contributed by atoms with Crippen molar-refractivity contribution in [3.05, 3.63) is 5.82 Å².